The van der Waals surface area contributed by atoms with Crippen LogP contribution in [0.25, 0.3) is 0 Å². The predicted molar refractivity (Wildman–Crippen MR) is 93.7 cm³/mol. The van der Waals surface area contributed by atoms with E-state index >= 15 is 0 Å². The molecule has 0 fully saturated rings. The summed E-state index contributed by atoms with van der Waals surface area (Å²) in [6.07, 6.45) is 4.39. The van der Waals surface area contributed by atoms with Gasteiger partial charge in [-0.2, -0.15) is 0 Å². The highest BCUT2D eigenvalue weighted by Crippen LogP contribution is 2.39. The number of amides is 1. The summed E-state index contributed by atoms with van der Waals surface area (Å²) in [6.45, 7) is 4.23. The molecule has 0 saturated carbocycles. The summed E-state index contributed by atoms with van der Waals surface area (Å²) in [5.74, 6) is 0.664. The molecule has 3 N–H and O–H groups in total. The van der Waals surface area contributed by atoms with Crippen molar-refractivity contribution in [1.82, 2.24) is 0 Å². The van der Waals surface area contributed by atoms with Gasteiger partial charge in [0, 0.05) is 10.6 Å². The maximum absolute atomic E-state index is 12.7. The summed E-state index contributed by atoms with van der Waals surface area (Å²) in [5, 5.41) is 3.68. The number of aryl methyl sites for hydroxylation is 1. The molecule has 1 aromatic carbocycles. The SMILES string of the molecule is CC[C@@H]1CCc2c(sc(N)c2C(=O)Nc2ccccc2C)C1. The molecule has 3 nitrogen and oxygen atoms in total. The zero-order valence-electron chi connectivity index (χ0n) is 13.1. The maximum atomic E-state index is 12.7. The lowest BCUT2D eigenvalue weighted by atomic mass is 9.85. The molecule has 1 aliphatic rings. The number of benzene rings is 1. The minimum atomic E-state index is -0.0701. The zero-order chi connectivity index (χ0) is 15.7. The molecule has 0 radical (unpaired) electrons. The molecule has 0 saturated heterocycles. The number of hydrogen-bond donors (Lipinski definition) is 2. The molecular formula is C18H22N2OS. The highest BCUT2D eigenvalue weighted by molar-refractivity contribution is 7.16. The summed E-state index contributed by atoms with van der Waals surface area (Å²) < 4.78 is 0. The topological polar surface area (TPSA) is 55.1 Å². The van der Waals surface area contributed by atoms with Gasteiger partial charge < -0.3 is 11.1 Å². The van der Waals surface area contributed by atoms with Crippen molar-refractivity contribution in [2.24, 2.45) is 5.92 Å². The molecule has 0 unspecified atom stereocenters. The molecule has 22 heavy (non-hydrogen) atoms. The summed E-state index contributed by atoms with van der Waals surface area (Å²) in [6, 6.07) is 7.82. The third kappa shape index (κ3) is 2.75. The Hall–Kier alpha value is -1.81. The normalized spacial score (nSPS) is 17.1. The van der Waals surface area contributed by atoms with Gasteiger partial charge in [-0.1, -0.05) is 31.5 Å². The number of nitrogen functional groups attached to an aromatic ring is 1. The molecular weight excluding hydrogens is 292 g/mol. The number of fused-ring (bicyclic) bond motifs is 1. The van der Waals surface area contributed by atoms with Crippen molar-refractivity contribution < 1.29 is 4.79 Å². The van der Waals surface area contributed by atoms with Gasteiger partial charge in [-0.3, -0.25) is 4.79 Å². The Morgan fingerprint density at radius 3 is 2.91 bits per heavy atom. The fourth-order valence-electron chi connectivity index (χ4n) is 3.17. The smallest absolute Gasteiger partial charge is 0.258 e. The Morgan fingerprint density at radius 2 is 2.18 bits per heavy atom. The summed E-state index contributed by atoms with van der Waals surface area (Å²) in [5.41, 5.74) is 9.96. The van der Waals surface area contributed by atoms with Crippen molar-refractivity contribution in [2.45, 2.75) is 39.5 Å². The number of nitrogens with one attached hydrogen (secondary N) is 1. The highest BCUT2D eigenvalue weighted by Gasteiger charge is 2.27. The number of nitrogens with two attached hydrogens (primary N) is 1. The lowest BCUT2D eigenvalue weighted by Crippen LogP contribution is -2.18. The second kappa shape index (κ2) is 6.13. The van der Waals surface area contributed by atoms with Gasteiger partial charge in [-0.25, -0.2) is 0 Å². The van der Waals surface area contributed by atoms with Crippen molar-refractivity contribution in [3.63, 3.8) is 0 Å². The fourth-order valence-corrected chi connectivity index (χ4v) is 4.40. The van der Waals surface area contributed by atoms with Crippen LogP contribution in [0.3, 0.4) is 0 Å². The maximum Gasteiger partial charge on any atom is 0.258 e. The van der Waals surface area contributed by atoms with Gasteiger partial charge in [-0.05, 0) is 49.3 Å². The van der Waals surface area contributed by atoms with Crippen LogP contribution in [0.1, 0.15) is 46.1 Å². The van der Waals surface area contributed by atoms with Gasteiger partial charge in [0.05, 0.1) is 10.6 Å². The van der Waals surface area contributed by atoms with Gasteiger partial charge in [0.1, 0.15) is 0 Å². The Morgan fingerprint density at radius 1 is 1.41 bits per heavy atom. The number of para-hydroxylation sites is 1. The predicted octanol–water partition coefficient (Wildman–Crippen LogP) is 4.41. The van der Waals surface area contributed by atoms with Crippen LogP contribution >= 0.6 is 11.3 Å². The van der Waals surface area contributed by atoms with Crippen LogP contribution in [0.4, 0.5) is 10.7 Å². The molecule has 2 aromatic rings. The standard InChI is InChI=1S/C18H22N2OS/c1-3-12-8-9-13-15(10-12)22-17(19)16(13)18(21)20-14-7-5-4-6-11(14)2/h4-7,12H,3,8-10,19H2,1-2H3,(H,20,21)/t12-/m1/s1. The molecule has 1 aliphatic carbocycles. The van der Waals surface area contributed by atoms with Gasteiger partial charge >= 0.3 is 0 Å². The lowest BCUT2D eigenvalue weighted by molar-refractivity contribution is 0.102. The monoisotopic (exact) mass is 314 g/mol. The number of rotatable bonds is 3. The molecule has 1 atom stereocenters. The van der Waals surface area contributed by atoms with Crippen LogP contribution in [0.5, 0.6) is 0 Å². The van der Waals surface area contributed by atoms with E-state index in [-0.39, 0.29) is 5.91 Å². The summed E-state index contributed by atoms with van der Waals surface area (Å²) in [4.78, 5) is 14.0. The van der Waals surface area contributed by atoms with Crippen molar-refractivity contribution in [2.75, 3.05) is 11.1 Å². The van der Waals surface area contributed by atoms with E-state index in [1.165, 1.54) is 16.9 Å². The first-order chi connectivity index (χ1) is 10.6. The first kappa shape index (κ1) is 15.1. The van der Waals surface area contributed by atoms with Crippen LogP contribution in [0.2, 0.25) is 0 Å². The Labute approximate surface area is 135 Å². The van der Waals surface area contributed by atoms with E-state index in [9.17, 15) is 4.79 Å². The van der Waals surface area contributed by atoms with Gasteiger partial charge in [0.25, 0.3) is 5.91 Å². The average Bonchev–Trinajstić information content (AvgIpc) is 2.84. The van der Waals surface area contributed by atoms with E-state index in [4.69, 9.17) is 5.73 Å². The van der Waals surface area contributed by atoms with Crippen LogP contribution in [-0.4, -0.2) is 5.91 Å². The van der Waals surface area contributed by atoms with E-state index in [0.717, 1.165) is 36.4 Å². The molecule has 0 aliphatic heterocycles. The molecule has 3 rings (SSSR count). The molecule has 116 valence electrons. The van der Waals surface area contributed by atoms with Gasteiger partial charge in [-0.15, -0.1) is 11.3 Å². The first-order valence-electron chi connectivity index (χ1n) is 7.87. The van der Waals surface area contributed by atoms with Crippen molar-refractivity contribution in [1.29, 1.82) is 0 Å². The van der Waals surface area contributed by atoms with Gasteiger partial charge in [0.15, 0.2) is 0 Å². The first-order valence-corrected chi connectivity index (χ1v) is 8.68. The van der Waals surface area contributed by atoms with Crippen molar-refractivity contribution in [3.05, 3.63) is 45.8 Å². The second-order valence-corrected chi connectivity index (χ2v) is 7.17. The number of carbonyl (C=O) groups is 1. The molecule has 0 spiro atoms. The minimum Gasteiger partial charge on any atom is -0.390 e. The number of thiophene rings is 1. The van der Waals surface area contributed by atoms with Crippen molar-refractivity contribution >= 4 is 27.9 Å². The van der Waals surface area contributed by atoms with Gasteiger partial charge in [0.2, 0.25) is 0 Å². The number of carbonyl (C=O) groups excluding carboxylic acids is 1. The Kier molecular flexibility index (Phi) is 4.21. The third-order valence-corrected chi connectivity index (χ3v) is 5.68. The molecule has 0 bridgehead atoms. The lowest BCUT2D eigenvalue weighted by Gasteiger charge is -2.21. The molecule has 1 aromatic heterocycles. The van der Waals surface area contributed by atoms with E-state index in [0.29, 0.717) is 10.6 Å². The van der Waals surface area contributed by atoms with Crippen LogP contribution in [0, 0.1) is 12.8 Å². The molecule has 4 heteroatoms. The third-order valence-electron chi connectivity index (χ3n) is 4.59. The number of hydrogen-bond acceptors (Lipinski definition) is 3. The van der Waals surface area contributed by atoms with E-state index < -0.39 is 0 Å². The minimum absolute atomic E-state index is 0.0701. The second-order valence-electron chi connectivity index (χ2n) is 6.03. The van der Waals surface area contributed by atoms with Crippen molar-refractivity contribution in [3.8, 4) is 0 Å². The van der Waals surface area contributed by atoms with Crippen LogP contribution in [0.15, 0.2) is 24.3 Å². The Balaban J connectivity index is 1.88. The fraction of sp³-hybridized carbons (Fsp3) is 0.389. The molecule has 1 heterocycles. The average molecular weight is 314 g/mol. The molecule has 1 amide bonds. The van der Waals surface area contributed by atoms with E-state index in [1.807, 2.05) is 31.2 Å². The Bertz CT molecular complexity index is 705. The number of anilines is 2. The quantitative estimate of drug-likeness (QED) is 0.882. The van der Waals surface area contributed by atoms with E-state index in [2.05, 4.69) is 12.2 Å². The van der Waals surface area contributed by atoms with E-state index in [1.54, 1.807) is 11.3 Å². The summed E-state index contributed by atoms with van der Waals surface area (Å²) >= 11 is 1.60. The summed E-state index contributed by atoms with van der Waals surface area (Å²) in [7, 11) is 0. The zero-order valence-corrected chi connectivity index (χ0v) is 13.9. The van der Waals surface area contributed by atoms with Crippen LogP contribution in [-0.2, 0) is 12.8 Å². The largest absolute Gasteiger partial charge is 0.390 e. The highest BCUT2D eigenvalue weighted by atomic mass is 32.1. The van der Waals surface area contributed by atoms with Crippen LogP contribution < -0.4 is 11.1 Å².